The van der Waals surface area contributed by atoms with Gasteiger partial charge >= 0.3 is 0 Å². The first kappa shape index (κ1) is 23.8. The van der Waals surface area contributed by atoms with Crippen LogP contribution in [0.15, 0.2) is 11.1 Å². The summed E-state index contributed by atoms with van der Waals surface area (Å²) in [5.74, 6) is 0.583. The van der Waals surface area contributed by atoms with Gasteiger partial charge in [-0.25, -0.2) is 4.98 Å². The summed E-state index contributed by atoms with van der Waals surface area (Å²) in [5, 5.41) is 23.6. The zero-order valence-corrected chi connectivity index (χ0v) is 21.2. The van der Waals surface area contributed by atoms with Crippen molar-refractivity contribution in [1.82, 2.24) is 4.98 Å². The van der Waals surface area contributed by atoms with E-state index in [0.29, 0.717) is 27.1 Å². The van der Waals surface area contributed by atoms with E-state index in [1.807, 2.05) is 6.07 Å². The van der Waals surface area contributed by atoms with Gasteiger partial charge in [0.25, 0.3) is 0 Å². The average Bonchev–Trinajstić information content (AvgIpc) is 2.96. The SMILES string of the molecule is CC(C)(C)[C@@H]1CCc2c(sc(NC(=O)CSc3nc4c(cc3C#N)CCCCC4)c2C#N)C1. The number of anilines is 1. The third-order valence-electron chi connectivity index (χ3n) is 6.83. The Morgan fingerprint density at radius 1 is 1.21 bits per heavy atom. The fourth-order valence-corrected chi connectivity index (χ4v) is 6.88. The second kappa shape index (κ2) is 9.87. The molecule has 2 aliphatic rings. The molecule has 0 radical (unpaired) electrons. The number of aromatic nitrogens is 1. The highest BCUT2D eigenvalue weighted by Crippen LogP contribution is 2.44. The number of nitrogens with zero attached hydrogens (tertiary/aromatic N) is 3. The van der Waals surface area contributed by atoms with Crippen molar-refractivity contribution in [3.63, 3.8) is 0 Å². The minimum atomic E-state index is -0.164. The Bertz CT molecular complexity index is 1150. The highest BCUT2D eigenvalue weighted by Gasteiger charge is 2.32. The summed E-state index contributed by atoms with van der Waals surface area (Å²) in [6, 6.07) is 6.54. The van der Waals surface area contributed by atoms with E-state index in [1.54, 1.807) is 11.3 Å². The summed E-state index contributed by atoms with van der Waals surface area (Å²) in [6.45, 7) is 6.81. The molecule has 7 heteroatoms. The molecular weight excluding hydrogens is 448 g/mol. The topological polar surface area (TPSA) is 89.6 Å². The standard InChI is InChI=1S/C26H30N4OS2/c1-26(2,3)18-9-10-19-20(14-28)25(33-22(19)12-18)30-23(31)15-32-24-17(13-27)11-16-7-5-4-6-8-21(16)29-24/h11,18H,4-10,12,15H2,1-3H3,(H,30,31)/t18-/m1/s1. The molecule has 2 aromatic heterocycles. The zero-order valence-electron chi connectivity index (χ0n) is 19.6. The number of hydrogen-bond donors (Lipinski definition) is 1. The number of carbonyl (C=O) groups is 1. The van der Waals surface area contributed by atoms with Gasteiger partial charge in [0.1, 0.15) is 22.2 Å². The predicted octanol–water partition coefficient (Wildman–Crippen LogP) is 6.04. The lowest BCUT2D eigenvalue weighted by molar-refractivity contribution is -0.113. The summed E-state index contributed by atoms with van der Waals surface area (Å²) in [5.41, 5.74) is 4.76. The first-order valence-electron chi connectivity index (χ1n) is 11.7. The Morgan fingerprint density at radius 2 is 2.00 bits per heavy atom. The van der Waals surface area contributed by atoms with Crippen molar-refractivity contribution in [1.29, 1.82) is 10.5 Å². The molecule has 0 aromatic carbocycles. The van der Waals surface area contributed by atoms with Crippen LogP contribution in [0.2, 0.25) is 0 Å². The van der Waals surface area contributed by atoms with Crippen LogP contribution < -0.4 is 5.32 Å². The summed E-state index contributed by atoms with van der Waals surface area (Å²) < 4.78 is 0. The number of rotatable bonds is 4. The Labute approximate surface area is 204 Å². The van der Waals surface area contributed by atoms with Gasteiger partial charge in [-0.05, 0) is 73.5 Å². The van der Waals surface area contributed by atoms with Gasteiger partial charge < -0.3 is 5.32 Å². The molecule has 2 aromatic rings. The summed E-state index contributed by atoms with van der Waals surface area (Å²) in [6.07, 6.45) is 8.28. The molecule has 1 atom stereocenters. The first-order valence-corrected chi connectivity index (χ1v) is 13.5. The monoisotopic (exact) mass is 478 g/mol. The maximum Gasteiger partial charge on any atom is 0.235 e. The quantitative estimate of drug-likeness (QED) is 0.427. The van der Waals surface area contributed by atoms with Crippen molar-refractivity contribution in [3.05, 3.63) is 38.9 Å². The number of nitrogens with one attached hydrogen (secondary N) is 1. The van der Waals surface area contributed by atoms with Gasteiger partial charge in [-0.3, -0.25) is 4.79 Å². The largest absolute Gasteiger partial charge is 0.316 e. The minimum absolute atomic E-state index is 0.164. The molecule has 0 saturated carbocycles. The molecule has 5 nitrogen and oxygen atoms in total. The molecule has 0 bridgehead atoms. The van der Waals surface area contributed by atoms with Crippen molar-refractivity contribution >= 4 is 34.0 Å². The highest BCUT2D eigenvalue weighted by molar-refractivity contribution is 8.00. The van der Waals surface area contributed by atoms with E-state index >= 15 is 0 Å². The molecule has 2 heterocycles. The predicted molar refractivity (Wildman–Crippen MR) is 134 cm³/mol. The number of thioether (sulfide) groups is 1. The highest BCUT2D eigenvalue weighted by atomic mass is 32.2. The molecule has 172 valence electrons. The number of nitriles is 2. The molecule has 1 N–H and O–H groups in total. The van der Waals surface area contributed by atoms with E-state index in [0.717, 1.165) is 56.2 Å². The number of thiophene rings is 1. The van der Waals surface area contributed by atoms with E-state index in [2.05, 4.69) is 38.2 Å². The Hall–Kier alpha value is -2.35. The van der Waals surface area contributed by atoms with E-state index in [-0.39, 0.29) is 17.1 Å². The molecule has 0 saturated heterocycles. The summed E-state index contributed by atoms with van der Waals surface area (Å²) in [4.78, 5) is 18.8. The molecule has 0 aliphatic heterocycles. The van der Waals surface area contributed by atoms with Crippen molar-refractivity contribution in [3.8, 4) is 12.1 Å². The van der Waals surface area contributed by atoms with Crippen LogP contribution in [0.25, 0.3) is 0 Å². The maximum atomic E-state index is 12.8. The van der Waals surface area contributed by atoms with Gasteiger partial charge in [-0.2, -0.15) is 10.5 Å². The zero-order chi connectivity index (χ0) is 23.6. The Morgan fingerprint density at radius 3 is 2.73 bits per heavy atom. The number of carbonyl (C=O) groups excluding carboxylic acids is 1. The fraction of sp³-hybridized carbons (Fsp3) is 0.538. The lowest BCUT2D eigenvalue weighted by Gasteiger charge is -2.33. The van der Waals surface area contributed by atoms with Crippen LogP contribution in [0, 0.1) is 34.0 Å². The number of aryl methyl sites for hydroxylation is 2. The first-order chi connectivity index (χ1) is 15.8. The van der Waals surface area contributed by atoms with Gasteiger partial charge in [-0.15, -0.1) is 11.3 Å². The van der Waals surface area contributed by atoms with E-state index < -0.39 is 0 Å². The van der Waals surface area contributed by atoms with Gasteiger partial charge in [-0.1, -0.05) is 39.0 Å². The Balaban J connectivity index is 1.46. The van der Waals surface area contributed by atoms with Crippen molar-refractivity contribution in [2.24, 2.45) is 11.3 Å². The minimum Gasteiger partial charge on any atom is -0.316 e. The maximum absolute atomic E-state index is 12.8. The molecule has 0 unspecified atom stereocenters. The summed E-state index contributed by atoms with van der Waals surface area (Å²) >= 11 is 2.86. The molecule has 1 amide bonds. The van der Waals surface area contributed by atoms with Crippen molar-refractivity contribution in [2.45, 2.75) is 77.2 Å². The van der Waals surface area contributed by atoms with Crippen LogP contribution in [-0.2, 0) is 30.5 Å². The molecule has 2 aliphatic carbocycles. The fourth-order valence-electron chi connectivity index (χ4n) is 4.81. The van der Waals surface area contributed by atoms with Crippen LogP contribution in [0.4, 0.5) is 5.00 Å². The van der Waals surface area contributed by atoms with E-state index in [4.69, 9.17) is 4.98 Å². The Kier molecular flexibility index (Phi) is 7.12. The molecule has 4 rings (SSSR count). The van der Waals surface area contributed by atoms with E-state index in [9.17, 15) is 15.3 Å². The third kappa shape index (κ3) is 5.26. The van der Waals surface area contributed by atoms with Crippen LogP contribution in [0.3, 0.4) is 0 Å². The molecular formula is C26H30N4OS2. The number of fused-ring (bicyclic) bond motifs is 2. The summed E-state index contributed by atoms with van der Waals surface area (Å²) in [7, 11) is 0. The normalized spacial score (nSPS) is 17.8. The van der Waals surface area contributed by atoms with Gasteiger partial charge in [0.15, 0.2) is 0 Å². The van der Waals surface area contributed by atoms with Gasteiger partial charge in [0, 0.05) is 10.6 Å². The third-order valence-corrected chi connectivity index (χ3v) is 8.99. The second-order valence-corrected chi connectivity index (χ2v) is 12.2. The molecule has 0 spiro atoms. The van der Waals surface area contributed by atoms with Crippen molar-refractivity contribution < 1.29 is 4.79 Å². The van der Waals surface area contributed by atoms with Crippen LogP contribution >= 0.6 is 23.1 Å². The van der Waals surface area contributed by atoms with Crippen molar-refractivity contribution in [2.75, 3.05) is 11.1 Å². The second-order valence-electron chi connectivity index (χ2n) is 10.1. The van der Waals surface area contributed by atoms with Crippen LogP contribution in [0.5, 0.6) is 0 Å². The van der Waals surface area contributed by atoms with Gasteiger partial charge in [0.2, 0.25) is 5.91 Å². The number of pyridine rings is 1. The van der Waals surface area contributed by atoms with Gasteiger partial charge in [0.05, 0.1) is 16.9 Å². The average molecular weight is 479 g/mol. The van der Waals surface area contributed by atoms with Crippen LogP contribution in [0.1, 0.15) is 79.3 Å². The number of hydrogen-bond acceptors (Lipinski definition) is 6. The molecule has 0 fully saturated rings. The number of amides is 1. The lowest BCUT2D eigenvalue weighted by atomic mass is 9.72. The molecule has 33 heavy (non-hydrogen) atoms. The lowest BCUT2D eigenvalue weighted by Crippen LogP contribution is -2.26. The van der Waals surface area contributed by atoms with E-state index in [1.165, 1.54) is 28.6 Å². The smallest absolute Gasteiger partial charge is 0.235 e. The van der Waals surface area contributed by atoms with Crippen LogP contribution in [-0.4, -0.2) is 16.6 Å².